The fraction of sp³-hybridized carbons (Fsp3) is 0.286. The maximum atomic E-state index is 10.2. The van der Waals surface area contributed by atoms with Gasteiger partial charge in [-0.3, -0.25) is 4.79 Å². The summed E-state index contributed by atoms with van der Waals surface area (Å²) in [6.07, 6.45) is 4.84. The molecule has 0 aromatic carbocycles. The van der Waals surface area contributed by atoms with Gasteiger partial charge in [0.25, 0.3) is 0 Å². The molecule has 1 aliphatic rings. The summed E-state index contributed by atoms with van der Waals surface area (Å²) in [5, 5.41) is 0.400. The van der Waals surface area contributed by atoms with E-state index in [2.05, 4.69) is 0 Å². The summed E-state index contributed by atoms with van der Waals surface area (Å²) < 4.78 is 0. The van der Waals surface area contributed by atoms with Crippen LogP contribution in [0.5, 0.6) is 0 Å². The Kier molecular flexibility index (Phi) is 2.52. The van der Waals surface area contributed by atoms with E-state index in [0.717, 1.165) is 6.29 Å². The normalized spacial score (nSPS) is 25.2. The van der Waals surface area contributed by atoms with E-state index in [1.807, 2.05) is 0 Å². The lowest BCUT2D eigenvalue weighted by molar-refractivity contribution is -0.104. The van der Waals surface area contributed by atoms with Gasteiger partial charge in [-0.1, -0.05) is 17.7 Å². The number of allylic oxidation sites excluding steroid dienone is 4. The zero-order valence-electron chi connectivity index (χ0n) is 5.18. The van der Waals surface area contributed by atoms with Crippen molar-refractivity contribution in [3.8, 4) is 0 Å². The molecule has 0 aromatic rings. The molecular formula is C7H6Cl2O. The van der Waals surface area contributed by atoms with E-state index in [4.69, 9.17) is 23.2 Å². The first-order valence-corrected chi connectivity index (χ1v) is 3.72. The Balaban J connectivity index is 2.81. The highest BCUT2D eigenvalue weighted by atomic mass is 35.5. The quantitative estimate of drug-likeness (QED) is 0.443. The second-order valence-electron chi connectivity index (χ2n) is 2.04. The molecule has 0 bridgehead atoms. The van der Waals surface area contributed by atoms with Crippen LogP contribution in [-0.2, 0) is 4.79 Å². The lowest BCUT2D eigenvalue weighted by atomic mass is 10.1. The Hall–Kier alpha value is -0.270. The molecule has 3 heteroatoms. The minimum Gasteiger partial charge on any atom is -0.298 e. The smallest absolute Gasteiger partial charge is 0.151 e. The largest absolute Gasteiger partial charge is 0.298 e. The van der Waals surface area contributed by atoms with Crippen LogP contribution in [0.1, 0.15) is 6.42 Å². The number of aldehydes is 1. The Morgan fingerprint density at radius 3 is 2.90 bits per heavy atom. The first-order chi connectivity index (χ1) is 4.74. The Labute approximate surface area is 69.3 Å². The van der Waals surface area contributed by atoms with E-state index < -0.39 is 0 Å². The van der Waals surface area contributed by atoms with E-state index in [1.54, 1.807) is 12.2 Å². The highest BCUT2D eigenvalue weighted by Crippen LogP contribution is 2.23. The van der Waals surface area contributed by atoms with Crippen LogP contribution in [0.4, 0.5) is 0 Å². The van der Waals surface area contributed by atoms with Gasteiger partial charge < -0.3 is 0 Å². The molecule has 1 atom stereocenters. The number of carbonyl (C=O) groups is 1. The van der Waals surface area contributed by atoms with E-state index >= 15 is 0 Å². The topological polar surface area (TPSA) is 17.1 Å². The minimum absolute atomic E-state index is 0.0591. The fourth-order valence-corrected chi connectivity index (χ4v) is 1.32. The molecule has 10 heavy (non-hydrogen) atoms. The zero-order chi connectivity index (χ0) is 7.56. The van der Waals surface area contributed by atoms with Gasteiger partial charge in [0.1, 0.15) is 0 Å². The molecule has 1 unspecified atom stereocenters. The second kappa shape index (κ2) is 3.22. The van der Waals surface area contributed by atoms with Crippen LogP contribution in [-0.4, -0.2) is 11.7 Å². The van der Waals surface area contributed by atoms with Crippen molar-refractivity contribution in [2.75, 3.05) is 0 Å². The van der Waals surface area contributed by atoms with E-state index in [0.29, 0.717) is 17.0 Å². The van der Waals surface area contributed by atoms with Crippen LogP contribution in [0.15, 0.2) is 22.8 Å². The van der Waals surface area contributed by atoms with Crippen molar-refractivity contribution in [2.45, 2.75) is 11.8 Å². The van der Waals surface area contributed by atoms with E-state index in [1.165, 1.54) is 0 Å². The zero-order valence-corrected chi connectivity index (χ0v) is 6.69. The number of alkyl halides is 1. The van der Waals surface area contributed by atoms with Crippen LogP contribution in [0, 0.1) is 0 Å². The number of hydrogen-bond donors (Lipinski definition) is 0. The van der Waals surface area contributed by atoms with Crippen LogP contribution in [0.25, 0.3) is 0 Å². The van der Waals surface area contributed by atoms with Crippen molar-refractivity contribution in [3.05, 3.63) is 22.8 Å². The maximum absolute atomic E-state index is 10.2. The summed E-state index contributed by atoms with van der Waals surface area (Å²) in [5.41, 5.74) is 0.540. The molecule has 0 saturated heterocycles. The molecule has 0 radical (unpaired) electrons. The number of carbonyl (C=O) groups excluding carboxylic acids is 1. The fourth-order valence-electron chi connectivity index (χ4n) is 0.765. The molecule has 0 fully saturated rings. The van der Waals surface area contributed by atoms with Gasteiger partial charge in [-0.05, 0) is 12.5 Å². The van der Waals surface area contributed by atoms with Gasteiger partial charge in [-0.15, -0.1) is 11.6 Å². The number of rotatable bonds is 1. The molecule has 0 heterocycles. The molecule has 1 aliphatic carbocycles. The van der Waals surface area contributed by atoms with Crippen LogP contribution in [0.3, 0.4) is 0 Å². The summed E-state index contributed by atoms with van der Waals surface area (Å²) >= 11 is 11.4. The summed E-state index contributed by atoms with van der Waals surface area (Å²) in [6, 6.07) is 0. The molecule has 0 aromatic heterocycles. The Bertz CT molecular complexity index is 206. The van der Waals surface area contributed by atoms with Gasteiger partial charge in [0.05, 0.1) is 5.38 Å². The summed E-state index contributed by atoms with van der Waals surface area (Å²) in [7, 11) is 0. The monoisotopic (exact) mass is 176 g/mol. The average Bonchev–Trinajstić information content (AvgIpc) is 1.88. The first kappa shape index (κ1) is 7.83. The van der Waals surface area contributed by atoms with Crippen molar-refractivity contribution in [1.29, 1.82) is 0 Å². The molecule has 0 saturated carbocycles. The van der Waals surface area contributed by atoms with Crippen LogP contribution in [0.2, 0.25) is 0 Å². The lowest BCUT2D eigenvalue weighted by Crippen LogP contribution is -2.00. The highest BCUT2D eigenvalue weighted by molar-refractivity contribution is 6.35. The molecule has 0 amide bonds. The van der Waals surface area contributed by atoms with Gasteiger partial charge in [0.2, 0.25) is 0 Å². The van der Waals surface area contributed by atoms with Gasteiger partial charge in [0.15, 0.2) is 6.29 Å². The van der Waals surface area contributed by atoms with Gasteiger partial charge in [-0.25, -0.2) is 0 Å². The Morgan fingerprint density at radius 2 is 2.40 bits per heavy atom. The molecule has 0 spiro atoms. The van der Waals surface area contributed by atoms with Crippen molar-refractivity contribution < 1.29 is 4.79 Å². The molecular weight excluding hydrogens is 171 g/mol. The van der Waals surface area contributed by atoms with Crippen LogP contribution >= 0.6 is 23.2 Å². The van der Waals surface area contributed by atoms with Crippen molar-refractivity contribution in [2.24, 2.45) is 0 Å². The number of halogens is 2. The predicted molar refractivity (Wildman–Crippen MR) is 42.3 cm³/mol. The molecule has 54 valence electrons. The Morgan fingerprint density at radius 1 is 1.70 bits per heavy atom. The van der Waals surface area contributed by atoms with Crippen molar-refractivity contribution in [3.63, 3.8) is 0 Å². The van der Waals surface area contributed by atoms with Gasteiger partial charge in [0, 0.05) is 10.6 Å². The standard InChI is InChI=1S/C7H6Cl2O/c8-6-2-1-5(4-10)7(9)3-6/h1,3-4,6H,2H2. The third-order valence-corrected chi connectivity index (χ3v) is 1.94. The third kappa shape index (κ3) is 1.61. The minimum atomic E-state index is -0.0591. The highest BCUT2D eigenvalue weighted by Gasteiger charge is 2.10. The summed E-state index contributed by atoms with van der Waals surface area (Å²) in [4.78, 5) is 10.2. The molecule has 0 N–H and O–H groups in total. The molecule has 1 rings (SSSR count). The second-order valence-corrected chi connectivity index (χ2v) is 3.01. The summed E-state index contributed by atoms with van der Waals surface area (Å²) in [6.45, 7) is 0. The van der Waals surface area contributed by atoms with Crippen molar-refractivity contribution in [1.82, 2.24) is 0 Å². The number of hydrogen-bond acceptors (Lipinski definition) is 1. The molecule has 0 aliphatic heterocycles. The van der Waals surface area contributed by atoms with Crippen LogP contribution < -0.4 is 0 Å². The van der Waals surface area contributed by atoms with Gasteiger partial charge in [-0.2, -0.15) is 0 Å². The molecule has 1 nitrogen and oxygen atoms in total. The van der Waals surface area contributed by atoms with E-state index in [-0.39, 0.29) is 5.38 Å². The lowest BCUT2D eigenvalue weighted by Gasteiger charge is -2.08. The first-order valence-electron chi connectivity index (χ1n) is 2.91. The third-order valence-electron chi connectivity index (χ3n) is 1.29. The van der Waals surface area contributed by atoms with Crippen molar-refractivity contribution >= 4 is 29.5 Å². The average molecular weight is 177 g/mol. The van der Waals surface area contributed by atoms with Gasteiger partial charge >= 0.3 is 0 Å². The SMILES string of the molecule is O=CC1=CCC(Cl)C=C1Cl. The predicted octanol–water partition coefficient (Wildman–Crippen LogP) is 2.25. The summed E-state index contributed by atoms with van der Waals surface area (Å²) in [5.74, 6) is 0. The maximum Gasteiger partial charge on any atom is 0.151 e. The van der Waals surface area contributed by atoms with E-state index in [9.17, 15) is 4.79 Å².